The summed E-state index contributed by atoms with van der Waals surface area (Å²) in [5.74, 6) is 1.13. The monoisotopic (exact) mass is 406 g/mol. The van der Waals surface area contributed by atoms with Gasteiger partial charge in [0.05, 0.1) is 16.6 Å². The molecule has 0 amide bonds. The van der Waals surface area contributed by atoms with Crippen molar-refractivity contribution in [3.8, 4) is 11.4 Å². The van der Waals surface area contributed by atoms with Gasteiger partial charge in [0.2, 0.25) is 0 Å². The van der Waals surface area contributed by atoms with E-state index in [1.54, 1.807) is 36.4 Å². The second-order valence-corrected chi connectivity index (χ2v) is 6.91. The molecule has 0 aliphatic carbocycles. The molecular weight excluding hydrogens is 388 g/mol. The molecule has 146 valence electrons. The lowest BCUT2D eigenvalue weighted by Crippen LogP contribution is -2.12. The van der Waals surface area contributed by atoms with E-state index in [0.717, 1.165) is 22.5 Å². The van der Waals surface area contributed by atoms with Gasteiger partial charge in [-0.15, -0.1) is 0 Å². The van der Waals surface area contributed by atoms with Gasteiger partial charge in [0.1, 0.15) is 24.8 Å². The van der Waals surface area contributed by atoms with Gasteiger partial charge < -0.3 is 9.47 Å². The number of benzene rings is 3. The van der Waals surface area contributed by atoms with Crippen LogP contribution in [-0.4, -0.2) is 28.7 Å². The Morgan fingerprint density at radius 2 is 1.76 bits per heavy atom. The van der Waals surface area contributed by atoms with Crippen molar-refractivity contribution >= 4 is 28.6 Å². The average molecular weight is 407 g/mol. The number of para-hydroxylation sites is 1. The molecule has 0 radical (unpaired) electrons. The quantitative estimate of drug-likeness (QED) is 0.325. The second-order valence-electron chi connectivity index (χ2n) is 6.47. The zero-order valence-corrected chi connectivity index (χ0v) is 16.6. The van der Waals surface area contributed by atoms with Gasteiger partial charge >= 0.3 is 5.97 Å². The van der Waals surface area contributed by atoms with E-state index in [0.29, 0.717) is 16.3 Å². The molecule has 0 aliphatic heterocycles. The highest BCUT2D eigenvalue weighted by molar-refractivity contribution is 6.30. The first-order valence-electron chi connectivity index (χ1n) is 9.22. The zero-order chi connectivity index (χ0) is 20.2. The fourth-order valence-corrected chi connectivity index (χ4v) is 3.26. The summed E-state index contributed by atoms with van der Waals surface area (Å²) in [6, 6.07) is 22.4. The van der Waals surface area contributed by atoms with Crippen LogP contribution in [-0.2, 0) is 4.74 Å². The van der Waals surface area contributed by atoms with Gasteiger partial charge in [-0.1, -0.05) is 29.8 Å². The highest BCUT2D eigenvalue weighted by Crippen LogP contribution is 2.22. The number of esters is 1. The van der Waals surface area contributed by atoms with E-state index >= 15 is 0 Å². The molecule has 0 fully saturated rings. The Morgan fingerprint density at radius 3 is 2.52 bits per heavy atom. The maximum atomic E-state index is 12.4. The Kier molecular flexibility index (Phi) is 5.49. The number of nitrogens with zero attached hydrogens (tertiary/aromatic N) is 2. The first-order valence-corrected chi connectivity index (χ1v) is 9.59. The van der Waals surface area contributed by atoms with Crippen LogP contribution in [0, 0.1) is 6.92 Å². The third-order valence-electron chi connectivity index (χ3n) is 4.47. The van der Waals surface area contributed by atoms with Gasteiger partial charge in [0.15, 0.2) is 0 Å². The lowest BCUT2D eigenvalue weighted by atomic mass is 10.2. The molecule has 0 atom stereocenters. The molecule has 5 nitrogen and oxygen atoms in total. The van der Waals surface area contributed by atoms with Crippen molar-refractivity contribution in [1.82, 2.24) is 9.55 Å². The molecule has 0 unspecified atom stereocenters. The number of halogens is 1. The van der Waals surface area contributed by atoms with Crippen LogP contribution in [0.2, 0.25) is 5.02 Å². The third-order valence-corrected chi connectivity index (χ3v) is 4.72. The maximum Gasteiger partial charge on any atom is 0.338 e. The molecule has 0 spiro atoms. The van der Waals surface area contributed by atoms with Gasteiger partial charge in [0.25, 0.3) is 0 Å². The zero-order valence-electron chi connectivity index (χ0n) is 15.8. The van der Waals surface area contributed by atoms with Crippen molar-refractivity contribution in [2.75, 3.05) is 13.2 Å². The molecule has 29 heavy (non-hydrogen) atoms. The highest BCUT2D eigenvalue weighted by Gasteiger charge is 2.13. The Bertz CT molecular complexity index is 1140. The maximum absolute atomic E-state index is 12.4. The van der Waals surface area contributed by atoms with E-state index in [2.05, 4.69) is 9.55 Å². The van der Waals surface area contributed by atoms with E-state index < -0.39 is 5.97 Å². The number of hydrogen-bond acceptors (Lipinski definition) is 4. The first-order chi connectivity index (χ1) is 14.1. The molecule has 4 aromatic rings. The Hall–Kier alpha value is -3.31. The minimum atomic E-state index is -0.404. The number of aromatic nitrogens is 2. The predicted octanol–water partition coefficient (Wildman–Crippen LogP) is 5.22. The van der Waals surface area contributed by atoms with Gasteiger partial charge in [-0.25, -0.2) is 9.78 Å². The summed E-state index contributed by atoms with van der Waals surface area (Å²) >= 11 is 5.84. The molecule has 0 saturated carbocycles. The fourth-order valence-electron chi connectivity index (χ4n) is 3.14. The number of hydrogen-bond donors (Lipinski definition) is 0. The van der Waals surface area contributed by atoms with Crippen LogP contribution >= 0.6 is 11.6 Å². The first kappa shape index (κ1) is 19.0. The van der Waals surface area contributed by atoms with E-state index in [9.17, 15) is 4.79 Å². The normalized spacial score (nSPS) is 10.8. The second kappa shape index (κ2) is 8.37. The molecule has 0 bridgehead atoms. The molecular formula is C23H19ClN2O3. The molecule has 0 aliphatic rings. The summed E-state index contributed by atoms with van der Waals surface area (Å²) in [6.07, 6.45) is 0. The average Bonchev–Trinajstić information content (AvgIpc) is 3.07. The largest absolute Gasteiger partial charge is 0.490 e. The Labute approximate surface area is 173 Å². The molecule has 1 aromatic heterocycles. The van der Waals surface area contributed by atoms with Crippen molar-refractivity contribution in [2.45, 2.75) is 6.92 Å². The van der Waals surface area contributed by atoms with Gasteiger partial charge in [-0.2, -0.15) is 0 Å². The van der Waals surface area contributed by atoms with Crippen LogP contribution in [0.3, 0.4) is 0 Å². The van der Waals surface area contributed by atoms with Crippen molar-refractivity contribution in [3.63, 3.8) is 0 Å². The van der Waals surface area contributed by atoms with E-state index in [1.807, 2.05) is 43.3 Å². The number of rotatable bonds is 6. The van der Waals surface area contributed by atoms with E-state index in [1.165, 1.54) is 0 Å². The molecule has 1 heterocycles. The van der Waals surface area contributed by atoms with Gasteiger partial charge in [-0.3, -0.25) is 4.57 Å². The van der Waals surface area contributed by atoms with Gasteiger partial charge in [-0.05, 0) is 61.5 Å². The minimum Gasteiger partial charge on any atom is -0.490 e. The summed E-state index contributed by atoms with van der Waals surface area (Å²) < 4.78 is 12.9. The smallest absolute Gasteiger partial charge is 0.338 e. The van der Waals surface area contributed by atoms with Crippen molar-refractivity contribution in [2.24, 2.45) is 0 Å². The van der Waals surface area contributed by atoms with Crippen LogP contribution in [0.4, 0.5) is 0 Å². The van der Waals surface area contributed by atoms with Crippen LogP contribution in [0.1, 0.15) is 16.2 Å². The van der Waals surface area contributed by atoms with E-state index in [-0.39, 0.29) is 13.2 Å². The van der Waals surface area contributed by atoms with E-state index in [4.69, 9.17) is 21.1 Å². The number of carbonyl (C=O) groups is 1. The summed E-state index contributed by atoms with van der Waals surface area (Å²) in [5, 5.41) is 0.643. The van der Waals surface area contributed by atoms with Crippen LogP contribution in [0.5, 0.6) is 5.75 Å². The molecule has 6 heteroatoms. The summed E-state index contributed by atoms with van der Waals surface area (Å²) in [4.78, 5) is 17.0. The minimum absolute atomic E-state index is 0.150. The van der Waals surface area contributed by atoms with Crippen LogP contribution < -0.4 is 4.74 Å². The standard InChI is InChI=1S/C23H19ClN2O3/c1-16-25-21-15-17(7-12-22(21)26(16)19-5-3-2-4-6-19)23(27)29-14-13-28-20-10-8-18(24)9-11-20/h2-12,15H,13-14H2,1H3. The van der Waals surface area contributed by atoms with Crippen LogP contribution in [0.15, 0.2) is 72.8 Å². The fraction of sp³-hybridized carbons (Fsp3) is 0.130. The lowest BCUT2D eigenvalue weighted by Gasteiger charge is -2.08. The Balaban J connectivity index is 1.42. The Morgan fingerprint density at radius 1 is 1.00 bits per heavy atom. The number of fused-ring (bicyclic) bond motifs is 1. The number of carbonyl (C=O) groups excluding carboxylic acids is 1. The SMILES string of the molecule is Cc1nc2cc(C(=O)OCCOc3ccc(Cl)cc3)ccc2n1-c1ccccc1. The highest BCUT2D eigenvalue weighted by atomic mass is 35.5. The van der Waals surface area contributed by atoms with Crippen molar-refractivity contribution in [3.05, 3.63) is 89.2 Å². The number of aryl methyl sites for hydroxylation is 1. The van der Waals surface area contributed by atoms with Gasteiger partial charge in [0, 0.05) is 10.7 Å². The number of imidazole rings is 1. The molecule has 0 N–H and O–H groups in total. The molecule has 4 rings (SSSR count). The number of ether oxygens (including phenoxy) is 2. The predicted molar refractivity (Wildman–Crippen MR) is 113 cm³/mol. The topological polar surface area (TPSA) is 53.4 Å². The van der Waals surface area contributed by atoms with Crippen molar-refractivity contribution < 1.29 is 14.3 Å². The molecule has 0 saturated heterocycles. The summed E-state index contributed by atoms with van der Waals surface area (Å²) in [6.45, 7) is 2.35. The summed E-state index contributed by atoms with van der Waals surface area (Å²) in [7, 11) is 0. The third kappa shape index (κ3) is 4.25. The summed E-state index contributed by atoms with van der Waals surface area (Å²) in [5.41, 5.74) is 3.18. The lowest BCUT2D eigenvalue weighted by molar-refractivity contribution is 0.0450. The molecule has 3 aromatic carbocycles. The van der Waals surface area contributed by atoms with Crippen molar-refractivity contribution in [1.29, 1.82) is 0 Å². The van der Waals surface area contributed by atoms with Crippen LogP contribution in [0.25, 0.3) is 16.7 Å².